The zero-order valence-electron chi connectivity index (χ0n) is 30.3. The van der Waals surface area contributed by atoms with Crippen LogP contribution in [0.1, 0.15) is 54.5 Å². The number of nitrogens with one attached hydrogen (secondary N) is 1. The van der Waals surface area contributed by atoms with Crippen molar-refractivity contribution in [2.75, 3.05) is 38.2 Å². The van der Waals surface area contributed by atoms with Gasteiger partial charge in [-0.3, -0.25) is 4.90 Å². The van der Waals surface area contributed by atoms with Gasteiger partial charge in [0.05, 0.1) is 6.61 Å². The van der Waals surface area contributed by atoms with Crippen LogP contribution in [0.25, 0.3) is 0 Å². The number of hydrogen-bond acceptors (Lipinski definition) is 10. The van der Waals surface area contributed by atoms with Crippen molar-refractivity contribution in [2.24, 2.45) is 11.8 Å². The molecule has 4 heterocycles. The monoisotopic (exact) mass is 811 g/mol. The van der Waals surface area contributed by atoms with Gasteiger partial charge in [0.1, 0.15) is 28.0 Å². The maximum absolute atomic E-state index is 13.7. The van der Waals surface area contributed by atoms with Gasteiger partial charge in [-0.05, 0) is 86.0 Å². The molecule has 56 heavy (non-hydrogen) atoms. The number of rotatable bonds is 17. The first-order valence-corrected chi connectivity index (χ1v) is 19.3. The predicted molar refractivity (Wildman–Crippen MR) is 203 cm³/mol. The molecule has 1 saturated carbocycles. The first-order valence-electron chi connectivity index (χ1n) is 18.5. The number of esters is 2. The molecule has 0 spiro atoms. The second kappa shape index (κ2) is 18.0. The lowest BCUT2D eigenvalue weighted by Gasteiger charge is -2.44. The molecule has 8 rings (SSSR count). The van der Waals surface area contributed by atoms with E-state index < -0.39 is 31.3 Å². The summed E-state index contributed by atoms with van der Waals surface area (Å²) in [6.07, 6.45) is 4.90. The molecule has 4 aliphatic rings. The summed E-state index contributed by atoms with van der Waals surface area (Å²) in [5.41, 5.74) is 1.99. The zero-order chi connectivity index (χ0) is 39.2. The van der Waals surface area contributed by atoms with Crippen LogP contribution in [0.2, 0.25) is 10.0 Å². The Morgan fingerprint density at radius 1 is 0.893 bits per heavy atom. The number of piperidine rings is 3. The van der Waals surface area contributed by atoms with E-state index >= 15 is 0 Å². The molecule has 2 unspecified atom stereocenters. The van der Waals surface area contributed by atoms with Gasteiger partial charge in [0.15, 0.2) is 36.5 Å². The summed E-state index contributed by atoms with van der Waals surface area (Å²) in [5.74, 6) is -0.284. The predicted octanol–water partition coefficient (Wildman–Crippen LogP) is 7.71. The minimum atomic E-state index is -3.09. The number of anilines is 1. The van der Waals surface area contributed by atoms with Crippen LogP contribution in [0.5, 0.6) is 17.2 Å². The topological polar surface area (TPSA) is 122 Å². The van der Waals surface area contributed by atoms with Crippen molar-refractivity contribution in [1.29, 1.82) is 0 Å². The Labute approximate surface area is 332 Å². The Bertz CT molecular complexity index is 1980. The van der Waals surface area contributed by atoms with Crippen LogP contribution in [-0.2, 0) is 25.5 Å². The van der Waals surface area contributed by atoms with E-state index in [0.29, 0.717) is 45.7 Å². The summed E-state index contributed by atoms with van der Waals surface area (Å²) in [5, 5.41) is 15.3. The molecule has 3 aromatic carbocycles. The molecule has 1 N–H and O–H groups in total. The van der Waals surface area contributed by atoms with Gasteiger partial charge in [-0.25, -0.2) is 9.59 Å². The molecule has 3 saturated heterocycles. The fraction of sp³-hybridized carbons (Fsp3) is 0.390. The van der Waals surface area contributed by atoms with Gasteiger partial charge in [-0.2, -0.15) is 13.5 Å². The fourth-order valence-electron chi connectivity index (χ4n) is 7.02. The lowest BCUT2D eigenvalue weighted by atomic mass is 9.86. The maximum Gasteiger partial charge on any atom is 0.387 e. The number of carbonyl (C=O) groups excluding carboxylic acids is 2. The highest BCUT2D eigenvalue weighted by Crippen LogP contribution is 2.38. The van der Waals surface area contributed by atoms with Crippen LogP contribution in [0.15, 0.2) is 85.2 Å². The molecule has 15 heteroatoms. The molecule has 11 nitrogen and oxygen atoms in total. The van der Waals surface area contributed by atoms with E-state index in [1.54, 1.807) is 24.3 Å². The van der Waals surface area contributed by atoms with E-state index in [1.807, 2.05) is 30.3 Å². The van der Waals surface area contributed by atoms with Gasteiger partial charge < -0.3 is 34.2 Å². The number of ether oxygens (including phenoxy) is 5. The molecular formula is C41H41Cl2F2N3O8. The second-order valence-corrected chi connectivity index (χ2v) is 15.0. The molecule has 1 aromatic heterocycles. The van der Waals surface area contributed by atoms with Crippen molar-refractivity contribution in [1.82, 2.24) is 4.90 Å². The van der Waals surface area contributed by atoms with Crippen molar-refractivity contribution in [3.05, 3.63) is 117 Å². The Hall–Kier alpha value is -4.85. The normalized spacial score (nSPS) is 19.8. The van der Waals surface area contributed by atoms with Crippen LogP contribution in [0, 0.1) is 17.0 Å². The van der Waals surface area contributed by atoms with Gasteiger partial charge in [0, 0.05) is 30.3 Å². The number of carbonyl (C=O) groups is 2. The number of benzene rings is 3. The molecule has 4 fully saturated rings. The van der Waals surface area contributed by atoms with E-state index in [1.165, 1.54) is 18.2 Å². The molecule has 2 bridgehead atoms. The number of pyridine rings is 1. The molecule has 0 radical (unpaired) electrons. The van der Waals surface area contributed by atoms with Crippen molar-refractivity contribution in [2.45, 2.75) is 57.0 Å². The third-order valence-corrected chi connectivity index (χ3v) is 10.8. The van der Waals surface area contributed by atoms with Gasteiger partial charge in [0.2, 0.25) is 0 Å². The van der Waals surface area contributed by atoms with Crippen LogP contribution < -0.4 is 24.3 Å². The smallest absolute Gasteiger partial charge is 0.387 e. The fourth-order valence-corrected chi connectivity index (χ4v) is 7.62. The molecular weight excluding hydrogens is 771 g/mol. The molecule has 296 valence electrons. The molecule has 3 atom stereocenters. The maximum atomic E-state index is 13.7. The Balaban J connectivity index is 1.05. The van der Waals surface area contributed by atoms with E-state index in [2.05, 4.69) is 15.0 Å². The third-order valence-electron chi connectivity index (χ3n) is 10.2. The van der Waals surface area contributed by atoms with Gasteiger partial charge >= 0.3 is 18.6 Å². The average Bonchev–Trinajstić information content (AvgIpc) is 4.02. The Morgan fingerprint density at radius 2 is 1.64 bits per heavy atom. The van der Waals surface area contributed by atoms with E-state index in [4.69, 9.17) is 42.1 Å². The summed E-state index contributed by atoms with van der Waals surface area (Å²) >= 11 is 12.8. The number of aromatic nitrogens is 1. The lowest BCUT2D eigenvalue weighted by Crippen LogP contribution is -2.52. The van der Waals surface area contributed by atoms with E-state index in [9.17, 15) is 23.6 Å². The molecule has 1 aliphatic carbocycles. The summed E-state index contributed by atoms with van der Waals surface area (Å²) in [6.45, 7) is -0.503. The minimum absolute atomic E-state index is 0.0402. The van der Waals surface area contributed by atoms with Crippen LogP contribution in [0.4, 0.5) is 14.5 Å². The van der Waals surface area contributed by atoms with E-state index in [0.717, 1.165) is 63.3 Å². The number of alkyl halides is 2. The summed E-state index contributed by atoms with van der Waals surface area (Å²) in [7, 11) is 0. The van der Waals surface area contributed by atoms with E-state index in [-0.39, 0.29) is 40.0 Å². The first-order chi connectivity index (χ1) is 27.1. The highest BCUT2D eigenvalue weighted by molar-refractivity contribution is 6.35. The van der Waals surface area contributed by atoms with Crippen molar-refractivity contribution < 1.29 is 46.8 Å². The van der Waals surface area contributed by atoms with Crippen molar-refractivity contribution in [3.63, 3.8) is 0 Å². The number of fused-ring (bicyclic) bond motifs is 3. The molecule has 4 aromatic rings. The molecule has 0 amide bonds. The SMILES string of the molecule is O=C(COc1cccc(NC(C(=O)O[C@H]2CN3CCC2CC3)c2ccccc2)c1)OC(Cc1c(Cl)c[n+]([O-])cc1Cl)c1ccc(OC(F)F)c(OCC2CC2)c1. The Morgan fingerprint density at radius 3 is 2.32 bits per heavy atom. The zero-order valence-corrected chi connectivity index (χ0v) is 31.8. The van der Waals surface area contributed by atoms with Crippen molar-refractivity contribution in [3.8, 4) is 17.2 Å². The highest BCUT2D eigenvalue weighted by atomic mass is 35.5. The lowest BCUT2D eigenvalue weighted by molar-refractivity contribution is -0.605. The summed E-state index contributed by atoms with van der Waals surface area (Å²) < 4.78 is 55.3. The van der Waals surface area contributed by atoms with Gasteiger partial charge in [-0.1, -0.05) is 65.7 Å². The van der Waals surface area contributed by atoms with Crippen LogP contribution in [0.3, 0.4) is 0 Å². The number of halogens is 4. The minimum Gasteiger partial charge on any atom is -0.619 e. The number of nitrogens with zero attached hydrogens (tertiary/aromatic N) is 2. The van der Waals surface area contributed by atoms with Crippen LogP contribution in [-0.4, -0.2) is 62.4 Å². The molecule has 3 aliphatic heterocycles. The van der Waals surface area contributed by atoms with Crippen LogP contribution >= 0.6 is 23.2 Å². The van der Waals surface area contributed by atoms with Gasteiger partial charge in [-0.15, -0.1) is 0 Å². The van der Waals surface area contributed by atoms with Gasteiger partial charge in [0.25, 0.3) is 0 Å². The third kappa shape index (κ3) is 10.3. The highest BCUT2D eigenvalue weighted by Gasteiger charge is 2.38. The number of hydrogen-bond donors (Lipinski definition) is 1. The van der Waals surface area contributed by atoms with Crippen molar-refractivity contribution >= 4 is 40.8 Å². The average molecular weight is 813 g/mol. The standard InChI is InChI=1S/C41H41Cl2F2N3O8/c42-32-20-48(51)21-33(43)31(32)19-35(28-11-12-34(56-41(44)45)36(17-28)53-23-25-9-10-25)54-38(49)24-52-30-8-4-7-29(18-30)46-39(27-5-2-1-3-6-27)40(50)55-37-22-47-15-13-26(37)14-16-47/h1-8,11-12,17-18,20-21,25-26,35,37,39,41,46H,9-10,13-16,19,22-24H2/t35?,37-,39?/m0/s1. The quantitative estimate of drug-likeness (QED) is 0.0645. The summed E-state index contributed by atoms with van der Waals surface area (Å²) in [4.78, 5) is 29.4. The summed E-state index contributed by atoms with van der Waals surface area (Å²) in [6, 6.07) is 19.6. The first kappa shape index (κ1) is 39.4. The second-order valence-electron chi connectivity index (χ2n) is 14.2. The Kier molecular flexibility index (Phi) is 12.6. The largest absolute Gasteiger partial charge is 0.619 e.